The highest BCUT2D eigenvalue weighted by atomic mass is 32.1. The Hall–Kier alpha value is -2.00. The highest BCUT2D eigenvalue weighted by Crippen LogP contribution is 2.42. The average molecular weight is 415 g/mol. The van der Waals surface area contributed by atoms with Crippen LogP contribution in [0.15, 0.2) is 24.3 Å². The van der Waals surface area contributed by atoms with Gasteiger partial charge in [0, 0.05) is 32.4 Å². The van der Waals surface area contributed by atoms with Crippen LogP contribution in [-0.2, 0) is 15.9 Å². The van der Waals surface area contributed by atoms with E-state index in [2.05, 4.69) is 46.2 Å². The van der Waals surface area contributed by atoms with Gasteiger partial charge in [0.15, 0.2) is 11.6 Å². The van der Waals surface area contributed by atoms with E-state index in [0.29, 0.717) is 13.2 Å². The third-order valence-electron chi connectivity index (χ3n) is 5.94. The van der Waals surface area contributed by atoms with Gasteiger partial charge >= 0.3 is 0 Å². The lowest BCUT2D eigenvalue weighted by Gasteiger charge is -2.41. The van der Waals surface area contributed by atoms with Crippen LogP contribution < -0.4 is 0 Å². The molecule has 5 rings (SSSR count). The second-order valence-corrected chi connectivity index (χ2v) is 8.83. The number of rotatable bonds is 4. The molecular formula is C21H26N4O3S. The molecule has 4 heterocycles. The number of piperidine rings is 1. The molecule has 0 amide bonds. The number of hydrogen-bond acceptors (Lipinski definition) is 7. The van der Waals surface area contributed by atoms with Gasteiger partial charge in [0.25, 0.3) is 0 Å². The number of aryl methyl sites for hydroxylation is 2. The third-order valence-corrected chi connectivity index (χ3v) is 7.01. The van der Waals surface area contributed by atoms with Crippen LogP contribution in [0.3, 0.4) is 0 Å². The summed E-state index contributed by atoms with van der Waals surface area (Å²) in [4.78, 5) is 8.59. The molecule has 2 aliphatic rings. The minimum atomic E-state index is -0.419. The second kappa shape index (κ2) is 7.36. The molecule has 2 fully saturated rings. The van der Waals surface area contributed by atoms with Crippen LogP contribution in [0.5, 0.6) is 5.88 Å². The summed E-state index contributed by atoms with van der Waals surface area (Å²) in [6, 6.07) is 8.51. The lowest BCUT2D eigenvalue weighted by atomic mass is 9.97. The Balaban J connectivity index is 1.52. The summed E-state index contributed by atoms with van der Waals surface area (Å²) < 4.78 is 13.4. The van der Waals surface area contributed by atoms with E-state index in [-0.39, 0.29) is 11.9 Å². The number of aromatic nitrogens is 3. The molecule has 2 aliphatic heterocycles. The number of thiazole rings is 1. The van der Waals surface area contributed by atoms with Gasteiger partial charge in [-0.25, -0.2) is 4.98 Å². The molecule has 2 aromatic heterocycles. The Morgan fingerprint density at radius 1 is 1.17 bits per heavy atom. The molecule has 1 unspecified atom stereocenters. The van der Waals surface area contributed by atoms with E-state index < -0.39 is 5.79 Å². The first-order chi connectivity index (χ1) is 14.1. The summed E-state index contributed by atoms with van der Waals surface area (Å²) in [5, 5.41) is 15.5. The van der Waals surface area contributed by atoms with Gasteiger partial charge in [-0.05, 0) is 12.5 Å². The summed E-state index contributed by atoms with van der Waals surface area (Å²) >= 11 is 1.52. The zero-order valence-electron chi connectivity index (χ0n) is 16.8. The normalized spacial score (nSPS) is 20.6. The topological polar surface area (TPSA) is 72.1 Å². The summed E-state index contributed by atoms with van der Waals surface area (Å²) in [7, 11) is 0. The maximum absolute atomic E-state index is 11.0. The molecule has 29 heavy (non-hydrogen) atoms. The van der Waals surface area contributed by atoms with Gasteiger partial charge in [-0.15, -0.1) is 5.10 Å². The fraction of sp³-hybridized carbons (Fsp3) is 0.524. The first-order valence-corrected chi connectivity index (χ1v) is 11.1. The zero-order chi connectivity index (χ0) is 20.0. The average Bonchev–Trinajstić information content (AvgIpc) is 3.43. The maximum atomic E-state index is 11.0. The predicted octanol–water partition coefficient (Wildman–Crippen LogP) is 3.30. The van der Waals surface area contributed by atoms with Gasteiger partial charge in [-0.3, -0.25) is 4.90 Å². The Morgan fingerprint density at radius 3 is 2.48 bits per heavy atom. The Labute approximate surface area is 173 Å². The monoisotopic (exact) mass is 414 g/mol. The van der Waals surface area contributed by atoms with E-state index in [1.807, 2.05) is 6.92 Å². The lowest BCUT2D eigenvalue weighted by Crippen LogP contribution is -2.46. The standard InChI is InChI=1S/C21H26N4O3S/c1-3-16-22-20-25(23-16)19(26)18(29-20)17(15-6-4-14(2)5-7-15)24-10-8-21(9-11-24)27-12-13-28-21/h4-7,17,26H,3,8-13H2,1-2H3. The van der Waals surface area contributed by atoms with Crippen molar-refractivity contribution >= 4 is 16.3 Å². The molecule has 3 aromatic rings. The van der Waals surface area contributed by atoms with E-state index in [9.17, 15) is 5.11 Å². The summed E-state index contributed by atoms with van der Waals surface area (Å²) in [5.41, 5.74) is 2.38. The number of aromatic hydroxyl groups is 1. The number of nitrogens with zero attached hydrogens (tertiary/aromatic N) is 4. The molecule has 7 nitrogen and oxygen atoms in total. The zero-order valence-corrected chi connectivity index (χ0v) is 17.6. The van der Waals surface area contributed by atoms with E-state index in [4.69, 9.17) is 9.47 Å². The molecule has 2 saturated heterocycles. The minimum absolute atomic E-state index is 0.0482. The fourth-order valence-electron chi connectivity index (χ4n) is 4.30. The number of likely N-dealkylation sites (tertiary alicyclic amines) is 1. The lowest BCUT2D eigenvalue weighted by molar-refractivity contribution is -0.187. The van der Waals surface area contributed by atoms with Crippen molar-refractivity contribution < 1.29 is 14.6 Å². The van der Waals surface area contributed by atoms with Gasteiger partial charge < -0.3 is 14.6 Å². The van der Waals surface area contributed by atoms with Crippen LogP contribution in [-0.4, -0.2) is 56.7 Å². The van der Waals surface area contributed by atoms with Crippen LogP contribution in [0.25, 0.3) is 4.96 Å². The van der Waals surface area contributed by atoms with Crippen molar-refractivity contribution in [1.29, 1.82) is 0 Å². The molecule has 1 aromatic carbocycles. The van der Waals surface area contributed by atoms with Crippen molar-refractivity contribution in [1.82, 2.24) is 19.5 Å². The van der Waals surface area contributed by atoms with E-state index in [1.165, 1.54) is 16.9 Å². The predicted molar refractivity (Wildman–Crippen MR) is 110 cm³/mol. The van der Waals surface area contributed by atoms with Crippen LogP contribution in [0.1, 0.15) is 47.6 Å². The molecule has 154 valence electrons. The Morgan fingerprint density at radius 2 is 1.86 bits per heavy atom. The van der Waals surface area contributed by atoms with Crippen molar-refractivity contribution in [3.63, 3.8) is 0 Å². The SMILES string of the molecule is CCc1nc2sc(C(c3ccc(C)cc3)N3CCC4(CC3)OCCO4)c(O)n2n1. The highest BCUT2D eigenvalue weighted by Gasteiger charge is 2.42. The van der Waals surface area contributed by atoms with Gasteiger partial charge in [0.05, 0.1) is 24.1 Å². The minimum Gasteiger partial charge on any atom is -0.492 e. The van der Waals surface area contributed by atoms with Crippen LogP contribution in [0, 0.1) is 6.92 Å². The Bertz CT molecular complexity index is 997. The van der Waals surface area contributed by atoms with Gasteiger partial charge in [0.2, 0.25) is 10.8 Å². The molecule has 1 spiro atoms. The van der Waals surface area contributed by atoms with E-state index >= 15 is 0 Å². The van der Waals surface area contributed by atoms with Crippen molar-refractivity contribution in [3.05, 3.63) is 46.1 Å². The number of hydrogen-bond donors (Lipinski definition) is 1. The van der Waals surface area contributed by atoms with Crippen LogP contribution in [0.4, 0.5) is 0 Å². The molecule has 0 bridgehead atoms. The van der Waals surface area contributed by atoms with Crippen LogP contribution in [0.2, 0.25) is 0 Å². The molecule has 1 N–H and O–H groups in total. The molecular weight excluding hydrogens is 388 g/mol. The summed E-state index contributed by atoms with van der Waals surface area (Å²) in [6.07, 6.45) is 2.41. The van der Waals surface area contributed by atoms with Gasteiger partial charge in [-0.1, -0.05) is 48.1 Å². The first kappa shape index (κ1) is 19.0. The number of benzene rings is 1. The van der Waals surface area contributed by atoms with Crippen LogP contribution >= 0.6 is 11.3 Å². The molecule has 1 atom stereocenters. The largest absolute Gasteiger partial charge is 0.492 e. The van der Waals surface area contributed by atoms with Crippen molar-refractivity contribution in [3.8, 4) is 5.88 Å². The number of fused-ring (bicyclic) bond motifs is 1. The third kappa shape index (κ3) is 3.34. The van der Waals surface area contributed by atoms with Gasteiger partial charge in [0.1, 0.15) is 0 Å². The highest BCUT2D eigenvalue weighted by molar-refractivity contribution is 7.17. The van der Waals surface area contributed by atoms with Crippen molar-refractivity contribution in [2.24, 2.45) is 0 Å². The molecule has 0 radical (unpaired) electrons. The molecule has 0 saturated carbocycles. The van der Waals surface area contributed by atoms with Crippen molar-refractivity contribution in [2.75, 3.05) is 26.3 Å². The molecule has 0 aliphatic carbocycles. The first-order valence-electron chi connectivity index (χ1n) is 10.2. The molecule has 8 heteroatoms. The summed E-state index contributed by atoms with van der Waals surface area (Å²) in [5.74, 6) is 0.523. The fourth-order valence-corrected chi connectivity index (χ4v) is 5.44. The second-order valence-electron chi connectivity index (χ2n) is 7.82. The van der Waals surface area contributed by atoms with Gasteiger partial charge in [-0.2, -0.15) is 4.52 Å². The van der Waals surface area contributed by atoms with Crippen molar-refractivity contribution in [2.45, 2.75) is 44.9 Å². The Kier molecular flexibility index (Phi) is 4.82. The van der Waals surface area contributed by atoms with E-state index in [1.54, 1.807) is 4.52 Å². The quantitative estimate of drug-likeness (QED) is 0.706. The van der Waals surface area contributed by atoms with E-state index in [0.717, 1.165) is 53.6 Å². The number of ether oxygens (including phenoxy) is 2. The summed E-state index contributed by atoms with van der Waals surface area (Å²) in [6.45, 7) is 7.14. The maximum Gasteiger partial charge on any atom is 0.230 e. The smallest absolute Gasteiger partial charge is 0.230 e.